The number of carbonyl (C=O) groups excluding carboxylic acids is 1. The Hall–Kier alpha value is -3.06. The van der Waals surface area contributed by atoms with Crippen LogP contribution in [0.4, 0.5) is 5.82 Å². The molecule has 2 aromatic carbocycles. The highest BCUT2D eigenvalue weighted by molar-refractivity contribution is 9.10. The Morgan fingerprint density at radius 1 is 1.21 bits per heavy atom. The van der Waals surface area contributed by atoms with Crippen molar-refractivity contribution in [1.82, 2.24) is 5.16 Å². The Labute approximate surface area is 171 Å². The van der Waals surface area contributed by atoms with Gasteiger partial charge in [-0.2, -0.15) is 0 Å². The molecule has 7 heteroatoms. The molecule has 1 amide bonds. The van der Waals surface area contributed by atoms with Gasteiger partial charge in [0.1, 0.15) is 23.9 Å². The number of benzene rings is 2. The summed E-state index contributed by atoms with van der Waals surface area (Å²) in [5.41, 5.74) is 1.72. The number of amides is 1. The van der Waals surface area contributed by atoms with Crippen LogP contribution < -0.4 is 14.8 Å². The fraction of sp³-hybridized carbons (Fsp3) is 0.143. The van der Waals surface area contributed by atoms with Gasteiger partial charge in [0, 0.05) is 22.2 Å². The van der Waals surface area contributed by atoms with Crippen molar-refractivity contribution >= 4 is 33.7 Å². The first-order valence-corrected chi connectivity index (χ1v) is 9.30. The van der Waals surface area contributed by atoms with Crippen LogP contribution in [0.15, 0.2) is 63.6 Å². The molecule has 6 nitrogen and oxygen atoms in total. The Morgan fingerprint density at radius 2 is 2.00 bits per heavy atom. The van der Waals surface area contributed by atoms with Crippen LogP contribution in [0.1, 0.15) is 16.9 Å². The van der Waals surface area contributed by atoms with E-state index in [4.69, 9.17) is 14.0 Å². The van der Waals surface area contributed by atoms with Gasteiger partial charge < -0.3 is 19.3 Å². The van der Waals surface area contributed by atoms with E-state index in [-0.39, 0.29) is 5.91 Å². The largest absolute Gasteiger partial charge is 0.496 e. The molecule has 144 valence electrons. The number of rotatable bonds is 7. The molecule has 0 atom stereocenters. The van der Waals surface area contributed by atoms with Gasteiger partial charge in [0.05, 0.1) is 7.11 Å². The molecule has 0 radical (unpaired) electrons. The molecule has 3 aromatic rings. The summed E-state index contributed by atoms with van der Waals surface area (Å²) in [4.78, 5) is 12.0. The van der Waals surface area contributed by atoms with Crippen LogP contribution in [0, 0.1) is 6.92 Å². The second-order valence-corrected chi connectivity index (χ2v) is 6.87. The maximum absolute atomic E-state index is 12.0. The molecule has 0 saturated heterocycles. The second kappa shape index (κ2) is 9.23. The van der Waals surface area contributed by atoms with Crippen LogP contribution in [-0.4, -0.2) is 18.2 Å². The van der Waals surface area contributed by atoms with Gasteiger partial charge in [-0.15, -0.1) is 0 Å². The number of carbonyl (C=O) groups is 1. The Balaban J connectivity index is 1.67. The minimum Gasteiger partial charge on any atom is -0.496 e. The first kappa shape index (κ1) is 19.7. The van der Waals surface area contributed by atoms with E-state index in [1.165, 1.54) is 6.08 Å². The normalized spacial score (nSPS) is 10.8. The van der Waals surface area contributed by atoms with Crippen LogP contribution in [0.3, 0.4) is 0 Å². The average Bonchev–Trinajstić information content (AvgIpc) is 3.10. The molecule has 0 bridgehead atoms. The van der Waals surface area contributed by atoms with Gasteiger partial charge in [-0.05, 0) is 55.0 Å². The van der Waals surface area contributed by atoms with Gasteiger partial charge in [-0.25, -0.2) is 0 Å². The summed E-state index contributed by atoms with van der Waals surface area (Å²) in [5, 5.41) is 6.37. The van der Waals surface area contributed by atoms with Crippen LogP contribution in [-0.2, 0) is 11.4 Å². The molecular weight excluding hydrogens is 424 g/mol. The van der Waals surface area contributed by atoms with Crippen molar-refractivity contribution in [2.45, 2.75) is 13.5 Å². The van der Waals surface area contributed by atoms with E-state index in [0.717, 1.165) is 27.1 Å². The van der Waals surface area contributed by atoms with Gasteiger partial charge >= 0.3 is 0 Å². The summed E-state index contributed by atoms with van der Waals surface area (Å²) < 4.78 is 17.1. The number of methoxy groups -OCH3 is 1. The van der Waals surface area contributed by atoms with E-state index < -0.39 is 0 Å². The van der Waals surface area contributed by atoms with Gasteiger partial charge in [0.15, 0.2) is 5.82 Å². The van der Waals surface area contributed by atoms with Gasteiger partial charge in [0.2, 0.25) is 5.91 Å². The number of halogens is 1. The molecule has 0 aliphatic carbocycles. The third-order valence-electron chi connectivity index (χ3n) is 3.82. The van der Waals surface area contributed by atoms with Crippen LogP contribution in [0.25, 0.3) is 6.08 Å². The predicted molar refractivity (Wildman–Crippen MR) is 110 cm³/mol. The van der Waals surface area contributed by atoms with Crippen molar-refractivity contribution in [2.24, 2.45) is 0 Å². The minimum absolute atomic E-state index is 0.295. The fourth-order valence-corrected chi connectivity index (χ4v) is 2.74. The van der Waals surface area contributed by atoms with E-state index in [2.05, 4.69) is 26.4 Å². The van der Waals surface area contributed by atoms with Gasteiger partial charge in [0.25, 0.3) is 0 Å². The van der Waals surface area contributed by atoms with Crippen LogP contribution >= 0.6 is 15.9 Å². The predicted octanol–water partition coefficient (Wildman–Crippen LogP) is 4.99. The summed E-state index contributed by atoms with van der Waals surface area (Å²) in [7, 11) is 1.61. The van der Waals surface area contributed by atoms with Crippen molar-refractivity contribution in [2.75, 3.05) is 12.4 Å². The molecule has 0 unspecified atom stereocenters. The number of aryl methyl sites for hydroxylation is 1. The summed E-state index contributed by atoms with van der Waals surface area (Å²) in [6, 6.07) is 14.9. The number of anilines is 1. The Bertz CT molecular complexity index is 980. The van der Waals surface area contributed by atoms with E-state index in [9.17, 15) is 4.79 Å². The topological polar surface area (TPSA) is 73.6 Å². The van der Waals surface area contributed by atoms with Crippen LogP contribution in [0.2, 0.25) is 0 Å². The molecule has 3 rings (SSSR count). The van der Waals surface area contributed by atoms with E-state index in [0.29, 0.717) is 18.2 Å². The number of aromatic nitrogens is 1. The number of hydrogen-bond acceptors (Lipinski definition) is 5. The Morgan fingerprint density at radius 3 is 2.68 bits per heavy atom. The first-order chi connectivity index (χ1) is 13.5. The summed E-state index contributed by atoms with van der Waals surface area (Å²) in [6.07, 6.45) is 3.15. The number of hydrogen-bond donors (Lipinski definition) is 1. The monoisotopic (exact) mass is 442 g/mol. The zero-order valence-corrected chi connectivity index (χ0v) is 17.0. The maximum Gasteiger partial charge on any atom is 0.249 e. The van der Waals surface area contributed by atoms with Crippen molar-refractivity contribution in [3.05, 3.63) is 76.0 Å². The highest BCUT2D eigenvalue weighted by Gasteiger charge is 2.06. The Kier molecular flexibility index (Phi) is 6.49. The number of nitrogens with one attached hydrogen (secondary N) is 1. The lowest BCUT2D eigenvalue weighted by Gasteiger charge is -2.11. The van der Waals surface area contributed by atoms with E-state index in [1.54, 1.807) is 26.2 Å². The quantitative estimate of drug-likeness (QED) is 0.521. The van der Waals surface area contributed by atoms with Crippen LogP contribution in [0.5, 0.6) is 11.5 Å². The van der Waals surface area contributed by atoms with E-state index >= 15 is 0 Å². The summed E-state index contributed by atoms with van der Waals surface area (Å²) in [6.45, 7) is 2.10. The zero-order valence-electron chi connectivity index (χ0n) is 15.4. The van der Waals surface area contributed by atoms with E-state index in [1.807, 2.05) is 42.5 Å². The van der Waals surface area contributed by atoms with Crippen molar-refractivity contribution in [3.8, 4) is 11.5 Å². The van der Waals surface area contributed by atoms with Gasteiger partial charge in [-0.1, -0.05) is 27.2 Å². The molecule has 1 aromatic heterocycles. The van der Waals surface area contributed by atoms with Crippen molar-refractivity contribution in [3.63, 3.8) is 0 Å². The average molecular weight is 443 g/mol. The maximum atomic E-state index is 12.0. The summed E-state index contributed by atoms with van der Waals surface area (Å²) >= 11 is 3.40. The second-order valence-electron chi connectivity index (χ2n) is 5.96. The molecule has 1 heterocycles. The lowest BCUT2D eigenvalue weighted by molar-refractivity contribution is -0.111. The lowest BCUT2D eigenvalue weighted by atomic mass is 10.1. The fourth-order valence-electron chi connectivity index (χ4n) is 2.47. The SMILES string of the molecule is COc1ccc(/C=C/C(=O)Nc2cc(C)on2)cc1COc1ccc(Br)cc1. The molecule has 0 aliphatic heterocycles. The smallest absolute Gasteiger partial charge is 0.249 e. The third kappa shape index (κ3) is 5.47. The highest BCUT2D eigenvalue weighted by atomic mass is 79.9. The standard InChI is InChI=1S/C21H19BrN2O4/c1-14-11-20(24-28-14)23-21(25)10-4-15-3-9-19(26-2)16(12-15)13-27-18-7-5-17(22)6-8-18/h3-12H,13H2,1-2H3,(H,23,24,25)/b10-4+. The molecule has 28 heavy (non-hydrogen) atoms. The van der Waals surface area contributed by atoms with Gasteiger partial charge in [-0.3, -0.25) is 4.79 Å². The molecule has 0 aliphatic rings. The van der Waals surface area contributed by atoms with Crippen molar-refractivity contribution < 1.29 is 18.8 Å². The third-order valence-corrected chi connectivity index (χ3v) is 4.35. The summed E-state index contributed by atoms with van der Waals surface area (Å²) in [5.74, 6) is 2.19. The minimum atomic E-state index is -0.295. The highest BCUT2D eigenvalue weighted by Crippen LogP contribution is 2.24. The first-order valence-electron chi connectivity index (χ1n) is 8.51. The molecule has 1 N–H and O–H groups in total. The molecule has 0 spiro atoms. The molecule has 0 saturated carbocycles. The zero-order chi connectivity index (χ0) is 19.9. The van der Waals surface area contributed by atoms with Crippen molar-refractivity contribution in [1.29, 1.82) is 0 Å². The number of nitrogens with zero attached hydrogens (tertiary/aromatic N) is 1. The molecular formula is C21H19BrN2O4. The molecule has 0 fully saturated rings. The number of ether oxygens (including phenoxy) is 2. The lowest BCUT2D eigenvalue weighted by Crippen LogP contribution is -2.07.